The van der Waals surface area contributed by atoms with Crippen LogP contribution in [-0.2, 0) is 26.5 Å². The lowest BCUT2D eigenvalue weighted by atomic mass is 10.1. The first kappa shape index (κ1) is 26.4. The minimum atomic E-state index is -4.08. The topological polar surface area (TPSA) is 138 Å². The van der Waals surface area contributed by atoms with Crippen molar-refractivity contribution in [2.45, 2.75) is 11.3 Å². The molecule has 1 heterocycles. The quantitative estimate of drug-likeness (QED) is 0.369. The molecule has 0 amide bonds. The zero-order chi connectivity index (χ0) is 26.6. The smallest absolute Gasteiger partial charge is 0.262 e. The van der Waals surface area contributed by atoms with Gasteiger partial charge in [0, 0.05) is 24.4 Å². The minimum absolute atomic E-state index is 0.00271. The highest BCUT2D eigenvalue weighted by molar-refractivity contribution is 7.92. The summed E-state index contributed by atoms with van der Waals surface area (Å²) in [6.07, 6.45) is 1.13. The van der Waals surface area contributed by atoms with Gasteiger partial charge in [-0.05, 0) is 54.4 Å². The van der Waals surface area contributed by atoms with Gasteiger partial charge >= 0.3 is 0 Å². The van der Waals surface area contributed by atoms with E-state index in [2.05, 4.69) is 9.44 Å². The van der Waals surface area contributed by atoms with E-state index >= 15 is 0 Å². The van der Waals surface area contributed by atoms with Crippen molar-refractivity contribution in [1.29, 1.82) is 0 Å². The van der Waals surface area contributed by atoms with Crippen LogP contribution in [0.15, 0.2) is 59.5 Å². The second kappa shape index (κ2) is 10.7. The van der Waals surface area contributed by atoms with Crippen LogP contribution in [-0.4, -0.2) is 50.6 Å². The number of methoxy groups -OCH3 is 2. The summed E-state index contributed by atoms with van der Waals surface area (Å²) in [4.78, 5) is -0.0684. The highest BCUT2D eigenvalue weighted by atomic mass is 32.2. The molecule has 37 heavy (non-hydrogen) atoms. The molecule has 11 nitrogen and oxygen atoms in total. The van der Waals surface area contributed by atoms with Crippen molar-refractivity contribution in [2.24, 2.45) is 0 Å². The maximum atomic E-state index is 13.3. The number of sulfonamides is 2. The Balaban J connectivity index is 1.54. The van der Waals surface area contributed by atoms with E-state index < -0.39 is 20.0 Å². The number of hydrogen-bond donors (Lipinski definition) is 2. The molecule has 0 atom stereocenters. The Morgan fingerprint density at radius 2 is 1.49 bits per heavy atom. The molecule has 2 N–H and O–H groups in total. The molecule has 1 aliphatic heterocycles. The molecule has 3 aromatic rings. The van der Waals surface area contributed by atoms with Gasteiger partial charge in [-0.25, -0.2) is 21.6 Å². The Hall–Kier alpha value is -3.68. The summed E-state index contributed by atoms with van der Waals surface area (Å²) in [5.41, 5.74) is 0.650. The second-order valence-electron chi connectivity index (χ2n) is 7.98. The lowest BCUT2D eigenvalue weighted by molar-refractivity contribution is 0.174. The van der Waals surface area contributed by atoms with Crippen LogP contribution in [0.2, 0.25) is 0 Å². The van der Waals surface area contributed by atoms with Crippen LogP contribution in [0.3, 0.4) is 0 Å². The Morgan fingerprint density at radius 3 is 2.16 bits per heavy atom. The molecular weight excluding hydrogens is 524 g/mol. The molecule has 0 saturated carbocycles. The predicted octanol–water partition coefficient (Wildman–Crippen LogP) is 3.12. The molecule has 0 unspecified atom stereocenters. The highest BCUT2D eigenvalue weighted by Gasteiger charge is 2.23. The van der Waals surface area contributed by atoms with Gasteiger partial charge in [0.1, 0.15) is 11.5 Å². The van der Waals surface area contributed by atoms with Gasteiger partial charge in [0.05, 0.1) is 25.4 Å². The molecule has 1 aliphatic rings. The van der Waals surface area contributed by atoms with Crippen molar-refractivity contribution in [3.63, 3.8) is 0 Å². The van der Waals surface area contributed by atoms with Gasteiger partial charge in [0.15, 0.2) is 23.0 Å². The van der Waals surface area contributed by atoms with Crippen LogP contribution in [0.4, 0.5) is 5.69 Å². The number of fused-ring (bicyclic) bond motifs is 1. The van der Waals surface area contributed by atoms with E-state index in [9.17, 15) is 16.8 Å². The monoisotopic (exact) mass is 550 g/mol. The molecule has 0 fully saturated rings. The molecular formula is C24H26N2O9S2. The summed E-state index contributed by atoms with van der Waals surface area (Å²) in [7, 11) is -4.70. The molecule has 3 aromatic carbocycles. The van der Waals surface area contributed by atoms with E-state index in [0.717, 1.165) is 6.26 Å². The summed E-state index contributed by atoms with van der Waals surface area (Å²) < 4.78 is 81.5. The number of anilines is 1. The molecule has 13 heteroatoms. The molecule has 0 aromatic heterocycles. The van der Waals surface area contributed by atoms with Crippen LogP contribution < -0.4 is 33.1 Å². The van der Waals surface area contributed by atoms with Crippen molar-refractivity contribution in [2.75, 3.05) is 38.5 Å². The molecule has 0 radical (unpaired) electrons. The third-order valence-electron chi connectivity index (χ3n) is 5.30. The lowest BCUT2D eigenvalue weighted by Gasteiger charge is -2.16. The number of hydrogen-bond acceptors (Lipinski definition) is 9. The van der Waals surface area contributed by atoms with E-state index in [1.165, 1.54) is 26.4 Å². The number of nitrogens with one attached hydrogen (secondary N) is 2. The molecule has 0 spiro atoms. The fraction of sp³-hybridized carbons (Fsp3) is 0.250. The van der Waals surface area contributed by atoms with Gasteiger partial charge in [-0.3, -0.25) is 4.72 Å². The second-order valence-corrected chi connectivity index (χ2v) is 11.5. The third kappa shape index (κ3) is 6.56. The Bertz CT molecular complexity index is 1490. The van der Waals surface area contributed by atoms with Crippen LogP contribution in [0.1, 0.15) is 5.56 Å². The Labute approximate surface area is 215 Å². The first-order valence-corrected chi connectivity index (χ1v) is 14.4. The van der Waals surface area contributed by atoms with Crippen molar-refractivity contribution in [1.82, 2.24) is 4.72 Å². The van der Waals surface area contributed by atoms with Crippen molar-refractivity contribution in [3.05, 3.63) is 60.2 Å². The average molecular weight is 551 g/mol. The molecule has 0 aliphatic carbocycles. The fourth-order valence-electron chi connectivity index (χ4n) is 3.60. The first-order chi connectivity index (χ1) is 17.6. The van der Waals surface area contributed by atoms with Crippen LogP contribution in [0.25, 0.3) is 0 Å². The van der Waals surface area contributed by atoms with E-state index in [4.69, 9.17) is 23.7 Å². The van der Waals surface area contributed by atoms with Gasteiger partial charge in [-0.2, -0.15) is 0 Å². The third-order valence-corrected chi connectivity index (χ3v) is 7.49. The maximum absolute atomic E-state index is 13.3. The van der Waals surface area contributed by atoms with Gasteiger partial charge in [0.2, 0.25) is 16.8 Å². The number of benzene rings is 3. The zero-order valence-electron chi connectivity index (χ0n) is 20.3. The van der Waals surface area contributed by atoms with Gasteiger partial charge in [-0.15, -0.1) is 0 Å². The molecule has 198 valence electrons. The summed E-state index contributed by atoms with van der Waals surface area (Å²) in [5.74, 6) is 2.78. The fourth-order valence-corrected chi connectivity index (χ4v) is 5.39. The Morgan fingerprint density at radius 1 is 0.838 bits per heavy atom. The van der Waals surface area contributed by atoms with Gasteiger partial charge in [0.25, 0.3) is 10.0 Å². The van der Waals surface area contributed by atoms with Crippen LogP contribution in [0, 0.1) is 0 Å². The first-order valence-electron chi connectivity index (χ1n) is 11.0. The molecule has 4 rings (SSSR count). The summed E-state index contributed by atoms with van der Waals surface area (Å²) >= 11 is 0. The van der Waals surface area contributed by atoms with Crippen molar-refractivity contribution >= 4 is 25.7 Å². The van der Waals surface area contributed by atoms with Crippen LogP contribution >= 0.6 is 0 Å². The molecule has 0 saturated heterocycles. The zero-order valence-corrected chi connectivity index (χ0v) is 21.9. The van der Waals surface area contributed by atoms with Crippen molar-refractivity contribution in [3.8, 4) is 34.5 Å². The van der Waals surface area contributed by atoms with E-state index in [1.54, 1.807) is 42.5 Å². The van der Waals surface area contributed by atoms with E-state index in [1.807, 2.05) is 0 Å². The maximum Gasteiger partial charge on any atom is 0.262 e. The van der Waals surface area contributed by atoms with Gasteiger partial charge < -0.3 is 23.7 Å². The average Bonchev–Trinajstić information content (AvgIpc) is 3.32. The highest BCUT2D eigenvalue weighted by Crippen LogP contribution is 2.37. The minimum Gasteiger partial charge on any atom is -0.493 e. The number of rotatable bonds is 11. The lowest BCUT2D eigenvalue weighted by Crippen LogP contribution is -2.25. The summed E-state index contributed by atoms with van der Waals surface area (Å²) in [6.45, 7) is 0.159. The molecule has 0 bridgehead atoms. The summed E-state index contributed by atoms with van der Waals surface area (Å²) in [5, 5.41) is 0. The SMILES string of the molecule is COc1cc(CCNS(C)(=O)=O)c(S(=O)(=O)Nc2ccc(Oc3ccc4c(c3)OCO4)cc2)cc1OC. The van der Waals surface area contributed by atoms with Gasteiger partial charge in [-0.1, -0.05) is 0 Å². The Kier molecular flexibility index (Phi) is 7.66. The largest absolute Gasteiger partial charge is 0.493 e. The predicted molar refractivity (Wildman–Crippen MR) is 136 cm³/mol. The normalized spacial score (nSPS) is 12.7. The van der Waals surface area contributed by atoms with E-state index in [0.29, 0.717) is 40.0 Å². The standard InChI is InChI=1S/C24H26N2O9S2/c1-31-21-12-16(10-11-25-36(3,27)28)24(14-22(21)32-2)37(29,30)26-17-4-6-18(7-5-17)35-19-8-9-20-23(13-19)34-15-33-20/h4-9,12-14,25-26H,10-11,15H2,1-3H3. The summed E-state index contributed by atoms with van der Waals surface area (Å²) in [6, 6.07) is 14.4. The van der Waals surface area contributed by atoms with Crippen LogP contribution in [0.5, 0.6) is 34.5 Å². The van der Waals surface area contributed by atoms with E-state index in [-0.39, 0.29) is 30.4 Å². The number of ether oxygens (including phenoxy) is 5. The van der Waals surface area contributed by atoms with Crippen molar-refractivity contribution < 1.29 is 40.5 Å².